The van der Waals surface area contributed by atoms with Crippen molar-refractivity contribution < 1.29 is 18.8 Å². The first-order valence-electron chi connectivity index (χ1n) is 8.39. The SMILES string of the molecule is COC(=O)CN(Cc1ccccc1)C(=O)CCc1nc(-c2ccsc2)no1. The number of ether oxygens (including phenoxy) is 1. The predicted octanol–water partition coefficient (Wildman–Crippen LogP) is 2.93. The van der Waals surface area contributed by atoms with Crippen LogP contribution < -0.4 is 0 Å². The molecule has 3 aromatic rings. The third-order valence-corrected chi connectivity index (χ3v) is 4.60. The number of benzene rings is 1. The van der Waals surface area contributed by atoms with Crippen LogP contribution in [0.4, 0.5) is 0 Å². The van der Waals surface area contributed by atoms with Gasteiger partial charge in [-0.25, -0.2) is 0 Å². The van der Waals surface area contributed by atoms with E-state index in [0.29, 0.717) is 24.7 Å². The van der Waals surface area contributed by atoms with E-state index in [9.17, 15) is 9.59 Å². The monoisotopic (exact) mass is 385 g/mol. The molecule has 3 rings (SSSR count). The molecule has 7 nitrogen and oxygen atoms in total. The molecule has 0 fully saturated rings. The van der Waals surface area contributed by atoms with Gasteiger partial charge in [0.2, 0.25) is 17.6 Å². The van der Waals surface area contributed by atoms with Crippen molar-refractivity contribution in [1.82, 2.24) is 15.0 Å². The number of thiophene rings is 1. The van der Waals surface area contributed by atoms with Gasteiger partial charge in [0.1, 0.15) is 6.54 Å². The lowest BCUT2D eigenvalue weighted by Crippen LogP contribution is -2.35. The Bertz CT molecular complexity index is 878. The minimum Gasteiger partial charge on any atom is -0.468 e. The Kier molecular flexibility index (Phi) is 6.32. The van der Waals surface area contributed by atoms with Gasteiger partial charge in [0.15, 0.2) is 0 Å². The third-order valence-electron chi connectivity index (χ3n) is 3.92. The van der Waals surface area contributed by atoms with E-state index in [0.717, 1.165) is 11.1 Å². The zero-order valence-corrected chi connectivity index (χ0v) is 15.6. The zero-order valence-electron chi connectivity index (χ0n) is 14.8. The van der Waals surface area contributed by atoms with E-state index in [2.05, 4.69) is 10.1 Å². The molecule has 0 radical (unpaired) electrons. The topological polar surface area (TPSA) is 85.5 Å². The first-order valence-corrected chi connectivity index (χ1v) is 9.33. The van der Waals surface area contributed by atoms with Crippen molar-refractivity contribution in [2.24, 2.45) is 0 Å². The quantitative estimate of drug-likeness (QED) is 0.554. The van der Waals surface area contributed by atoms with Crippen LogP contribution in [0.3, 0.4) is 0 Å². The molecular weight excluding hydrogens is 366 g/mol. The van der Waals surface area contributed by atoms with Gasteiger partial charge in [-0.2, -0.15) is 16.3 Å². The van der Waals surface area contributed by atoms with Crippen molar-refractivity contribution in [2.45, 2.75) is 19.4 Å². The van der Waals surface area contributed by atoms with Crippen LogP contribution in [-0.2, 0) is 27.3 Å². The minimum absolute atomic E-state index is 0.103. The normalized spacial score (nSPS) is 10.6. The van der Waals surface area contributed by atoms with Gasteiger partial charge in [0.05, 0.1) is 7.11 Å². The molecule has 8 heteroatoms. The van der Waals surface area contributed by atoms with Crippen LogP contribution in [0.1, 0.15) is 17.9 Å². The largest absolute Gasteiger partial charge is 0.468 e. The Morgan fingerprint density at radius 3 is 2.74 bits per heavy atom. The van der Waals surface area contributed by atoms with Crippen LogP contribution in [0.2, 0.25) is 0 Å². The van der Waals surface area contributed by atoms with Crippen LogP contribution in [0.15, 0.2) is 51.7 Å². The standard InChI is InChI=1S/C19H19N3O4S/c1-25-18(24)12-22(11-14-5-3-2-4-6-14)17(23)8-7-16-20-19(21-26-16)15-9-10-27-13-15/h2-6,9-10,13H,7-8,11-12H2,1H3. The number of aryl methyl sites for hydroxylation is 1. The summed E-state index contributed by atoms with van der Waals surface area (Å²) >= 11 is 1.55. The number of aromatic nitrogens is 2. The van der Waals surface area contributed by atoms with Crippen molar-refractivity contribution in [3.05, 3.63) is 58.6 Å². The number of carbonyl (C=O) groups excluding carboxylic acids is 2. The molecule has 0 aliphatic carbocycles. The van der Waals surface area contributed by atoms with Crippen LogP contribution in [0, 0.1) is 0 Å². The van der Waals surface area contributed by atoms with Gasteiger partial charge in [0.25, 0.3) is 0 Å². The van der Waals surface area contributed by atoms with Crippen molar-refractivity contribution in [3.8, 4) is 11.4 Å². The molecule has 1 amide bonds. The second kappa shape index (κ2) is 9.09. The average molecular weight is 385 g/mol. The second-order valence-electron chi connectivity index (χ2n) is 5.84. The Morgan fingerprint density at radius 1 is 1.22 bits per heavy atom. The Hall–Kier alpha value is -3.00. The van der Waals surface area contributed by atoms with Crippen LogP contribution in [0.25, 0.3) is 11.4 Å². The molecule has 0 atom stereocenters. The zero-order chi connectivity index (χ0) is 19.1. The summed E-state index contributed by atoms with van der Waals surface area (Å²) in [6.07, 6.45) is 0.470. The predicted molar refractivity (Wildman–Crippen MR) is 99.8 cm³/mol. The lowest BCUT2D eigenvalue weighted by molar-refractivity contribution is -0.147. The van der Waals surface area contributed by atoms with Gasteiger partial charge in [-0.05, 0) is 17.0 Å². The number of hydrogen-bond donors (Lipinski definition) is 0. The summed E-state index contributed by atoms with van der Waals surface area (Å²) in [5.41, 5.74) is 1.82. The van der Waals surface area contributed by atoms with E-state index in [1.165, 1.54) is 12.0 Å². The van der Waals surface area contributed by atoms with Gasteiger partial charge in [-0.1, -0.05) is 35.5 Å². The van der Waals surface area contributed by atoms with E-state index >= 15 is 0 Å². The van der Waals surface area contributed by atoms with E-state index in [4.69, 9.17) is 9.26 Å². The molecule has 2 aromatic heterocycles. The molecule has 0 saturated carbocycles. The summed E-state index contributed by atoms with van der Waals surface area (Å²) < 4.78 is 9.92. The average Bonchev–Trinajstić information content (AvgIpc) is 3.37. The number of carbonyl (C=O) groups is 2. The maximum absolute atomic E-state index is 12.6. The second-order valence-corrected chi connectivity index (χ2v) is 6.62. The molecule has 0 saturated heterocycles. The highest BCUT2D eigenvalue weighted by Gasteiger charge is 2.19. The highest BCUT2D eigenvalue weighted by Crippen LogP contribution is 2.19. The molecule has 0 aliphatic heterocycles. The smallest absolute Gasteiger partial charge is 0.325 e. The van der Waals surface area contributed by atoms with Gasteiger partial charge in [0, 0.05) is 30.3 Å². The number of amides is 1. The van der Waals surface area contributed by atoms with Crippen molar-refractivity contribution in [3.63, 3.8) is 0 Å². The maximum atomic E-state index is 12.6. The first-order chi connectivity index (χ1) is 13.2. The molecule has 140 valence electrons. The molecule has 1 aromatic carbocycles. The fourth-order valence-electron chi connectivity index (χ4n) is 2.49. The van der Waals surface area contributed by atoms with Crippen LogP contribution >= 0.6 is 11.3 Å². The summed E-state index contributed by atoms with van der Waals surface area (Å²) in [6, 6.07) is 11.4. The van der Waals surface area contributed by atoms with Crippen LogP contribution in [-0.4, -0.2) is 40.6 Å². The fourth-order valence-corrected chi connectivity index (χ4v) is 3.13. The van der Waals surface area contributed by atoms with Gasteiger partial charge in [-0.3, -0.25) is 9.59 Å². The molecule has 0 bridgehead atoms. The Balaban J connectivity index is 1.62. The van der Waals surface area contributed by atoms with E-state index in [1.54, 1.807) is 11.3 Å². The van der Waals surface area contributed by atoms with Crippen molar-refractivity contribution >= 4 is 23.2 Å². The molecule has 2 heterocycles. The van der Waals surface area contributed by atoms with Crippen molar-refractivity contribution in [2.75, 3.05) is 13.7 Å². The highest BCUT2D eigenvalue weighted by molar-refractivity contribution is 7.08. The summed E-state index contributed by atoms with van der Waals surface area (Å²) in [6.45, 7) is 0.229. The van der Waals surface area contributed by atoms with Gasteiger partial charge in [-0.15, -0.1) is 0 Å². The molecule has 0 spiro atoms. The number of nitrogens with zero attached hydrogens (tertiary/aromatic N) is 3. The molecular formula is C19H19N3O4S. The van der Waals surface area contributed by atoms with Gasteiger partial charge < -0.3 is 14.2 Å². The first kappa shape index (κ1) is 18.8. The number of esters is 1. The summed E-state index contributed by atoms with van der Waals surface area (Å²) in [5, 5.41) is 7.79. The molecule has 0 N–H and O–H groups in total. The Labute approximate surface area is 160 Å². The fraction of sp³-hybridized carbons (Fsp3) is 0.263. The molecule has 27 heavy (non-hydrogen) atoms. The van der Waals surface area contributed by atoms with Gasteiger partial charge >= 0.3 is 5.97 Å². The number of methoxy groups -OCH3 is 1. The summed E-state index contributed by atoms with van der Waals surface area (Å²) in [4.78, 5) is 30.1. The maximum Gasteiger partial charge on any atom is 0.325 e. The number of hydrogen-bond acceptors (Lipinski definition) is 7. The van der Waals surface area contributed by atoms with Crippen LogP contribution in [0.5, 0.6) is 0 Å². The minimum atomic E-state index is -0.461. The van der Waals surface area contributed by atoms with E-state index < -0.39 is 5.97 Å². The summed E-state index contributed by atoms with van der Waals surface area (Å²) in [7, 11) is 1.30. The van der Waals surface area contributed by atoms with E-state index in [-0.39, 0.29) is 18.9 Å². The summed E-state index contributed by atoms with van der Waals surface area (Å²) in [5.74, 6) is 0.257. The molecule has 0 aliphatic rings. The van der Waals surface area contributed by atoms with Crippen molar-refractivity contribution in [1.29, 1.82) is 0 Å². The molecule has 0 unspecified atom stereocenters. The number of rotatable bonds is 8. The highest BCUT2D eigenvalue weighted by atomic mass is 32.1. The lowest BCUT2D eigenvalue weighted by atomic mass is 10.2. The van der Waals surface area contributed by atoms with E-state index in [1.807, 2.05) is 47.2 Å². The Morgan fingerprint density at radius 2 is 2.04 bits per heavy atom. The third kappa shape index (κ3) is 5.24. The lowest BCUT2D eigenvalue weighted by Gasteiger charge is -2.21.